The van der Waals surface area contributed by atoms with Crippen molar-refractivity contribution in [2.45, 2.75) is 82.7 Å². The maximum absolute atomic E-state index is 13.4. The van der Waals surface area contributed by atoms with Crippen LogP contribution < -0.4 is 0 Å². The largest absolute Gasteiger partial charge is 0.390 e. The van der Waals surface area contributed by atoms with E-state index in [2.05, 4.69) is 6.92 Å². The summed E-state index contributed by atoms with van der Waals surface area (Å²) in [4.78, 5) is 0. The second kappa shape index (κ2) is 5.44. The zero-order valence-corrected chi connectivity index (χ0v) is 11.4. The van der Waals surface area contributed by atoms with Crippen molar-refractivity contribution >= 4 is 0 Å². The molecule has 2 rings (SSSR count). The Bertz CT molecular complexity index is 270. The smallest absolute Gasteiger partial charge is 0.248 e. The maximum atomic E-state index is 13.4. The summed E-state index contributed by atoms with van der Waals surface area (Å²) in [5.41, 5.74) is -0.649. The van der Waals surface area contributed by atoms with Gasteiger partial charge >= 0.3 is 0 Å². The molecule has 1 nitrogen and oxygen atoms in total. The summed E-state index contributed by atoms with van der Waals surface area (Å²) in [6.45, 7) is 2.19. The van der Waals surface area contributed by atoms with Gasteiger partial charge in [-0.2, -0.15) is 0 Å². The lowest BCUT2D eigenvalue weighted by molar-refractivity contribution is -0.0811. The fraction of sp³-hybridized carbons (Fsp3) is 1.00. The lowest BCUT2D eigenvalue weighted by Crippen LogP contribution is -2.38. The monoisotopic (exact) mass is 260 g/mol. The highest BCUT2D eigenvalue weighted by molar-refractivity contribution is 4.90. The molecule has 0 saturated heterocycles. The second-order valence-corrected chi connectivity index (χ2v) is 6.60. The summed E-state index contributed by atoms with van der Waals surface area (Å²) in [5.74, 6) is -1.73. The van der Waals surface area contributed by atoms with Crippen molar-refractivity contribution in [2.24, 2.45) is 11.8 Å². The number of aliphatic hydroxyl groups is 1. The lowest BCUT2D eigenvalue weighted by atomic mass is 9.71. The summed E-state index contributed by atoms with van der Waals surface area (Å²) in [6.07, 6.45) is 7.05. The average Bonchev–Trinajstić information content (AvgIpc) is 2.28. The van der Waals surface area contributed by atoms with Gasteiger partial charge in [-0.05, 0) is 56.8 Å². The molecular formula is C15H26F2O. The SMILES string of the molecule is CCC1CCC(O)(CC2CCCC(F)(F)C2)CC1. The molecule has 0 radical (unpaired) electrons. The Balaban J connectivity index is 1.85. The Hall–Kier alpha value is -0.180. The Morgan fingerprint density at radius 3 is 2.28 bits per heavy atom. The topological polar surface area (TPSA) is 20.2 Å². The first-order valence-corrected chi connectivity index (χ1v) is 7.53. The fourth-order valence-corrected chi connectivity index (χ4v) is 3.81. The van der Waals surface area contributed by atoms with Gasteiger partial charge in [0.2, 0.25) is 5.92 Å². The van der Waals surface area contributed by atoms with Crippen LogP contribution in [0, 0.1) is 11.8 Å². The zero-order chi connectivity index (χ0) is 13.2. The van der Waals surface area contributed by atoms with Crippen molar-refractivity contribution < 1.29 is 13.9 Å². The third-order valence-electron chi connectivity index (χ3n) is 5.02. The van der Waals surface area contributed by atoms with Crippen LogP contribution in [0.3, 0.4) is 0 Å². The molecule has 3 heteroatoms. The zero-order valence-electron chi connectivity index (χ0n) is 11.4. The summed E-state index contributed by atoms with van der Waals surface area (Å²) < 4.78 is 26.7. The maximum Gasteiger partial charge on any atom is 0.248 e. The number of hydrogen-bond acceptors (Lipinski definition) is 1. The molecule has 0 aromatic heterocycles. The molecule has 0 aromatic rings. The molecule has 2 fully saturated rings. The molecule has 0 bridgehead atoms. The number of rotatable bonds is 3. The first kappa shape index (κ1) is 14.2. The first-order valence-electron chi connectivity index (χ1n) is 7.53. The molecule has 1 N–H and O–H groups in total. The normalized spacial score (nSPS) is 40.7. The predicted molar refractivity (Wildman–Crippen MR) is 68.7 cm³/mol. The number of halogens is 2. The van der Waals surface area contributed by atoms with Crippen molar-refractivity contribution in [3.05, 3.63) is 0 Å². The quantitative estimate of drug-likeness (QED) is 0.790. The molecule has 0 heterocycles. The van der Waals surface area contributed by atoms with Gasteiger partial charge < -0.3 is 5.11 Å². The van der Waals surface area contributed by atoms with Crippen molar-refractivity contribution in [3.8, 4) is 0 Å². The van der Waals surface area contributed by atoms with E-state index in [0.717, 1.165) is 38.0 Å². The van der Waals surface area contributed by atoms with Crippen LogP contribution in [0.25, 0.3) is 0 Å². The van der Waals surface area contributed by atoms with Crippen molar-refractivity contribution in [1.82, 2.24) is 0 Å². The molecule has 0 aliphatic heterocycles. The summed E-state index contributed by atoms with van der Waals surface area (Å²) >= 11 is 0. The molecule has 0 aromatic carbocycles. The van der Waals surface area contributed by atoms with Gasteiger partial charge in [0.05, 0.1) is 5.60 Å². The van der Waals surface area contributed by atoms with Crippen LogP contribution in [0.2, 0.25) is 0 Å². The van der Waals surface area contributed by atoms with E-state index in [4.69, 9.17) is 0 Å². The second-order valence-electron chi connectivity index (χ2n) is 6.60. The summed E-state index contributed by atoms with van der Waals surface area (Å²) in [6, 6.07) is 0. The van der Waals surface area contributed by atoms with Gasteiger partial charge in [-0.25, -0.2) is 8.78 Å². The van der Waals surface area contributed by atoms with Gasteiger partial charge in [0.1, 0.15) is 0 Å². The summed E-state index contributed by atoms with van der Waals surface area (Å²) in [5, 5.41) is 10.6. The van der Waals surface area contributed by atoms with Crippen molar-refractivity contribution in [2.75, 3.05) is 0 Å². The highest BCUT2D eigenvalue weighted by Gasteiger charge is 2.41. The molecule has 18 heavy (non-hydrogen) atoms. The van der Waals surface area contributed by atoms with E-state index >= 15 is 0 Å². The van der Waals surface area contributed by atoms with Crippen LogP contribution in [0.5, 0.6) is 0 Å². The predicted octanol–water partition coefficient (Wildman–Crippen LogP) is 4.53. The average molecular weight is 260 g/mol. The van der Waals surface area contributed by atoms with Crippen LogP contribution in [-0.2, 0) is 0 Å². The third-order valence-corrected chi connectivity index (χ3v) is 5.02. The molecule has 2 aliphatic rings. The molecule has 0 spiro atoms. The van der Waals surface area contributed by atoms with Gasteiger partial charge in [-0.1, -0.05) is 13.3 Å². The van der Waals surface area contributed by atoms with Crippen molar-refractivity contribution in [1.29, 1.82) is 0 Å². The van der Waals surface area contributed by atoms with Gasteiger partial charge in [-0.15, -0.1) is 0 Å². The van der Waals surface area contributed by atoms with E-state index in [9.17, 15) is 13.9 Å². The minimum atomic E-state index is -2.49. The highest BCUT2D eigenvalue weighted by atomic mass is 19.3. The number of alkyl halides is 2. The molecule has 2 saturated carbocycles. The van der Waals surface area contributed by atoms with Crippen LogP contribution in [0.4, 0.5) is 8.78 Å². The van der Waals surface area contributed by atoms with Gasteiger partial charge in [0.15, 0.2) is 0 Å². The van der Waals surface area contributed by atoms with E-state index < -0.39 is 11.5 Å². The Kier molecular flexibility index (Phi) is 4.30. The van der Waals surface area contributed by atoms with E-state index in [1.165, 1.54) is 6.42 Å². The van der Waals surface area contributed by atoms with Crippen LogP contribution in [0.1, 0.15) is 71.1 Å². The standard InChI is InChI=1S/C15H26F2O/c1-2-12-5-8-14(18,9-6-12)10-13-4-3-7-15(16,17)11-13/h12-13,18H,2-11H2,1H3. The molecule has 2 aliphatic carbocycles. The Morgan fingerprint density at radius 1 is 1.06 bits per heavy atom. The molecule has 106 valence electrons. The van der Waals surface area contributed by atoms with Crippen LogP contribution in [0.15, 0.2) is 0 Å². The van der Waals surface area contributed by atoms with E-state index in [0.29, 0.717) is 12.8 Å². The van der Waals surface area contributed by atoms with E-state index in [-0.39, 0.29) is 18.8 Å². The van der Waals surface area contributed by atoms with Gasteiger partial charge in [0, 0.05) is 12.8 Å². The summed E-state index contributed by atoms with van der Waals surface area (Å²) in [7, 11) is 0. The highest BCUT2D eigenvalue weighted by Crippen LogP contribution is 2.44. The molecule has 0 amide bonds. The molecular weight excluding hydrogens is 234 g/mol. The first-order chi connectivity index (χ1) is 8.42. The van der Waals surface area contributed by atoms with Crippen molar-refractivity contribution in [3.63, 3.8) is 0 Å². The molecule has 1 unspecified atom stereocenters. The van der Waals surface area contributed by atoms with Gasteiger partial charge in [-0.3, -0.25) is 0 Å². The fourth-order valence-electron chi connectivity index (χ4n) is 3.81. The minimum absolute atomic E-state index is 0.00742. The lowest BCUT2D eigenvalue weighted by Gasteiger charge is -2.40. The minimum Gasteiger partial charge on any atom is -0.390 e. The van der Waals surface area contributed by atoms with Crippen LogP contribution in [-0.4, -0.2) is 16.6 Å². The van der Waals surface area contributed by atoms with E-state index in [1.54, 1.807) is 0 Å². The third kappa shape index (κ3) is 3.66. The number of hydrogen-bond donors (Lipinski definition) is 1. The van der Waals surface area contributed by atoms with Crippen LogP contribution >= 0.6 is 0 Å². The van der Waals surface area contributed by atoms with Gasteiger partial charge in [0.25, 0.3) is 0 Å². The Morgan fingerprint density at radius 2 is 1.72 bits per heavy atom. The van der Waals surface area contributed by atoms with E-state index in [1.807, 2.05) is 0 Å². The Labute approximate surface area is 109 Å². The molecule has 1 atom stereocenters.